The van der Waals surface area contributed by atoms with Crippen molar-refractivity contribution in [3.05, 3.63) is 36.9 Å². The lowest BCUT2D eigenvalue weighted by Gasteiger charge is -2.70. The van der Waals surface area contributed by atoms with Crippen LogP contribution in [0, 0.1) is 0 Å². The fourth-order valence-electron chi connectivity index (χ4n) is 3.16. The van der Waals surface area contributed by atoms with Gasteiger partial charge in [0.1, 0.15) is 0 Å². The van der Waals surface area contributed by atoms with Crippen LogP contribution in [0.1, 0.15) is 41.5 Å². The second-order valence-electron chi connectivity index (χ2n) is 7.28. The Kier molecular flexibility index (Phi) is 14.7. The molecular formula is C20H38N8P2S4. The second-order valence-corrected chi connectivity index (χ2v) is 19.0. The van der Waals surface area contributed by atoms with Crippen LogP contribution in [0.4, 0.5) is 11.9 Å². The molecule has 0 bridgehead atoms. The number of nitrogens with one attached hydrogen (secondary N) is 2. The first kappa shape index (κ1) is 31.7. The van der Waals surface area contributed by atoms with E-state index in [9.17, 15) is 0 Å². The van der Waals surface area contributed by atoms with E-state index >= 15 is 0 Å². The predicted molar refractivity (Wildman–Crippen MR) is 157 cm³/mol. The fourth-order valence-corrected chi connectivity index (χ4v) is 20.2. The van der Waals surface area contributed by atoms with Gasteiger partial charge < -0.3 is 34.3 Å². The molecular weight excluding hydrogens is 542 g/mol. The minimum absolute atomic E-state index is 0.399. The molecule has 0 saturated carbocycles. The molecule has 34 heavy (non-hydrogen) atoms. The van der Waals surface area contributed by atoms with Gasteiger partial charge in [-0.15, -0.1) is 0 Å². The van der Waals surface area contributed by atoms with E-state index in [0.717, 1.165) is 0 Å². The van der Waals surface area contributed by atoms with Crippen LogP contribution in [-0.4, -0.2) is 59.2 Å². The molecule has 0 unspecified atom stereocenters. The Morgan fingerprint density at radius 3 is 1.03 bits per heavy atom. The first-order valence-electron chi connectivity index (χ1n) is 11.6. The van der Waals surface area contributed by atoms with Crippen LogP contribution in [0.5, 0.6) is 0 Å². The first-order valence-corrected chi connectivity index (χ1v) is 19.0. The zero-order valence-corrected chi connectivity index (χ0v) is 26.0. The molecule has 0 atom stereocenters. The van der Waals surface area contributed by atoms with Gasteiger partial charge in [-0.05, 0) is 53.7 Å². The molecule has 14 heteroatoms. The van der Waals surface area contributed by atoms with E-state index in [1.165, 1.54) is 39.3 Å². The molecule has 3 rings (SSSR count). The Morgan fingerprint density at radius 1 is 0.618 bits per heavy atom. The van der Waals surface area contributed by atoms with Gasteiger partial charge in [-0.25, -0.2) is 19.9 Å². The third-order valence-corrected chi connectivity index (χ3v) is 18.0. The zero-order valence-electron chi connectivity index (χ0n) is 20.9. The molecule has 0 amide bonds. The van der Waals surface area contributed by atoms with E-state index in [1.807, 2.05) is 0 Å². The van der Waals surface area contributed by atoms with E-state index in [-0.39, 0.29) is 0 Å². The Balaban J connectivity index is 0.000000343. The van der Waals surface area contributed by atoms with Gasteiger partial charge in [0.25, 0.3) is 0 Å². The number of rotatable bonds is 8. The highest BCUT2D eigenvalue weighted by Gasteiger charge is 2.44. The summed E-state index contributed by atoms with van der Waals surface area (Å²) in [6, 6.07) is 3.42. The Morgan fingerprint density at radius 2 is 0.853 bits per heavy atom. The molecule has 0 radical (unpaired) electrons. The van der Waals surface area contributed by atoms with Gasteiger partial charge in [0, 0.05) is 35.9 Å². The Labute approximate surface area is 226 Å². The highest BCUT2D eigenvalue weighted by Crippen LogP contribution is 2.84. The summed E-state index contributed by atoms with van der Waals surface area (Å²) in [4.78, 5) is 20.0. The van der Waals surface area contributed by atoms with Crippen molar-refractivity contribution in [1.29, 1.82) is 0 Å². The normalized spacial score (nSPS) is 21.4. The molecule has 1 aliphatic rings. The molecule has 192 valence electrons. The van der Waals surface area contributed by atoms with E-state index in [0.29, 0.717) is 11.9 Å². The van der Waals surface area contributed by atoms with Gasteiger partial charge in [-0.2, -0.15) is 0 Å². The van der Waals surface area contributed by atoms with Crippen molar-refractivity contribution in [3.63, 3.8) is 0 Å². The van der Waals surface area contributed by atoms with Crippen molar-refractivity contribution < 1.29 is 9.80 Å². The summed E-state index contributed by atoms with van der Waals surface area (Å²) in [5.74, 6) is 0.799. The molecule has 3 heterocycles. The van der Waals surface area contributed by atoms with Gasteiger partial charge >= 0.3 is 0 Å². The average molecular weight is 581 g/mol. The topological polar surface area (TPSA) is 66.9 Å². The summed E-state index contributed by atoms with van der Waals surface area (Å²) < 4.78 is 3.32. The lowest BCUT2D eigenvalue weighted by atomic mass is 10.5. The van der Waals surface area contributed by atoms with Crippen molar-refractivity contribution in [2.24, 2.45) is 0 Å². The van der Waals surface area contributed by atoms with Gasteiger partial charge in [0.2, 0.25) is 11.9 Å². The molecule has 1 saturated heterocycles. The first-order chi connectivity index (χ1) is 16.1. The molecule has 1 fully saturated rings. The highest BCUT2D eigenvalue weighted by molar-refractivity contribution is 8.73. The third-order valence-electron chi connectivity index (χ3n) is 5.42. The van der Waals surface area contributed by atoms with Crippen molar-refractivity contribution in [2.75, 3.05) is 48.2 Å². The van der Waals surface area contributed by atoms with Gasteiger partial charge in [-0.1, -0.05) is 23.6 Å². The van der Waals surface area contributed by atoms with Crippen LogP contribution in [-0.2, 0) is 48.1 Å². The van der Waals surface area contributed by atoms with E-state index in [1.54, 1.807) is 55.6 Å². The maximum absolute atomic E-state index is 5.54. The van der Waals surface area contributed by atoms with Crippen molar-refractivity contribution in [1.82, 2.24) is 19.9 Å². The van der Waals surface area contributed by atoms with Gasteiger partial charge in [0.05, 0.1) is 39.3 Å². The summed E-state index contributed by atoms with van der Waals surface area (Å²) >= 11 is 22.2. The largest absolute Gasteiger partial charge is 0.704 e. The molecule has 0 spiro atoms. The highest BCUT2D eigenvalue weighted by atomic mass is 32.9. The molecule has 1 aliphatic heterocycles. The summed E-state index contributed by atoms with van der Waals surface area (Å²) in [6.07, 6.45) is 6.44. The average Bonchev–Trinajstić information content (AvgIpc) is 2.83. The number of anilines is 2. The molecule has 2 aromatic rings. The number of hydrogen-bond acceptors (Lipinski definition) is 8. The number of aromatic nitrogens is 4. The molecule has 8 nitrogen and oxygen atoms in total. The minimum atomic E-state index is -2.58. The predicted octanol–water partition coefficient (Wildman–Crippen LogP) is 2.00. The van der Waals surface area contributed by atoms with Crippen LogP contribution < -0.4 is 18.7 Å². The zero-order chi connectivity index (χ0) is 25.8. The maximum atomic E-state index is 5.54. The molecule has 2 aromatic heterocycles. The van der Waals surface area contributed by atoms with Crippen molar-refractivity contribution in [3.8, 4) is 0 Å². The number of quaternary nitrogens is 2. The second kappa shape index (κ2) is 15.7. The van der Waals surface area contributed by atoms with Crippen LogP contribution in [0.25, 0.3) is 0 Å². The van der Waals surface area contributed by atoms with Crippen LogP contribution in [0.3, 0.4) is 0 Å². The van der Waals surface area contributed by atoms with Crippen LogP contribution in [0.15, 0.2) is 36.9 Å². The lowest BCUT2D eigenvalue weighted by Crippen LogP contribution is -3.11. The van der Waals surface area contributed by atoms with Crippen molar-refractivity contribution in [2.45, 2.75) is 41.5 Å². The smallest absolute Gasteiger partial charge is 0.232 e. The molecule has 0 aliphatic carbocycles. The SMILES string of the molecule is CC[NH+](CC)CC.CC[NH+](CC)CC.S=P1([S-])N(c2ncccn2)P(=S)([S-])N1c1ncccn1. The summed E-state index contributed by atoms with van der Waals surface area (Å²) in [5.41, 5.74) is -5.15. The standard InChI is InChI=1S/C8H8N6P2S4.2C6H15N/c17-15(18)13(7-9-3-1-4-10-7)16(19,20)14(15)8-11-5-2-6-12-8;2*1-4-7(5-2)6-3/h1-6H,(H,17,18)(H,19,20);2*4-6H2,1-3H3. The molecule has 0 aromatic carbocycles. The summed E-state index contributed by atoms with van der Waals surface area (Å²) in [7, 11) is 0. The maximum Gasteiger partial charge on any atom is 0.232 e. The Bertz CT molecular complexity index is 815. The van der Waals surface area contributed by atoms with E-state index in [2.05, 4.69) is 61.5 Å². The minimum Gasteiger partial charge on any atom is -0.704 e. The van der Waals surface area contributed by atoms with Gasteiger partial charge in [0.15, 0.2) is 0 Å². The van der Waals surface area contributed by atoms with E-state index < -0.39 is 11.1 Å². The number of hydrogen-bond donors (Lipinski definition) is 2. The third kappa shape index (κ3) is 8.37. The molecule has 2 N–H and O–H groups in total. The van der Waals surface area contributed by atoms with Gasteiger partial charge in [-0.3, -0.25) is 8.88 Å². The number of nitrogens with zero attached hydrogens (tertiary/aromatic N) is 6. The monoisotopic (exact) mass is 580 g/mol. The Hall–Kier alpha value is -0.320. The van der Waals surface area contributed by atoms with Crippen molar-refractivity contribution >= 4 is 71.1 Å². The summed E-state index contributed by atoms with van der Waals surface area (Å²) in [6.45, 7) is 21.0. The van der Waals surface area contributed by atoms with Crippen LogP contribution >= 0.6 is 11.1 Å². The lowest BCUT2D eigenvalue weighted by molar-refractivity contribution is -0.894. The van der Waals surface area contributed by atoms with Crippen LogP contribution in [0.2, 0.25) is 0 Å². The summed E-state index contributed by atoms with van der Waals surface area (Å²) in [5, 5.41) is 0. The van der Waals surface area contributed by atoms with E-state index in [4.69, 9.17) is 48.1 Å². The quantitative estimate of drug-likeness (QED) is 0.358. The fraction of sp³-hybridized carbons (Fsp3) is 0.600.